The Morgan fingerprint density at radius 2 is 1.98 bits per heavy atom. The van der Waals surface area contributed by atoms with Gasteiger partial charge in [0, 0.05) is 55.9 Å². The van der Waals surface area contributed by atoms with Crippen molar-refractivity contribution in [1.82, 2.24) is 19.8 Å². The van der Waals surface area contributed by atoms with Gasteiger partial charge in [-0.2, -0.15) is 9.97 Å². The molecule has 3 aliphatic rings. The van der Waals surface area contributed by atoms with E-state index in [1.807, 2.05) is 0 Å². The molecule has 1 unspecified atom stereocenters. The van der Waals surface area contributed by atoms with Crippen molar-refractivity contribution in [2.45, 2.75) is 51.8 Å². The first-order valence-electron chi connectivity index (χ1n) is 15.8. The quantitative estimate of drug-likeness (QED) is 0.249. The first-order chi connectivity index (χ1) is 21.3. The summed E-state index contributed by atoms with van der Waals surface area (Å²) in [6, 6.07) is 13.2. The summed E-state index contributed by atoms with van der Waals surface area (Å²) >= 11 is 0. The zero-order chi connectivity index (χ0) is 30.8. The zero-order valence-corrected chi connectivity index (χ0v) is 26.2. The summed E-state index contributed by atoms with van der Waals surface area (Å²) in [7, 11) is 2.16. The molecule has 230 valence electrons. The maximum absolute atomic E-state index is 12.6. The zero-order valence-electron chi connectivity index (χ0n) is 26.2. The first-order valence-corrected chi connectivity index (χ1v) is 15.8. The highest BCUT2D eigenvalue weighted by Gasteiger charge is 2.35. The summed E-state index contributed by atoms with van der Waals surface area (Å²) in [6.45, 7) is 20.8. The second-order valence-corrected chi connectivity index (χ2v) is 12.6. The van der Waals surface area contributed by atoms with E-state index < -0.39 is 0 Å². The van der Waals surface area contributed by atoms with E-state index in [1.54, 1.807) is 4.90 Å². The summed E-state index contributed by atoms with van der Waals surface area (Å²) in [5, 5.41) is 2.52. The summed E-state index contributed by atoms with van der Waals surface area (Å²) in [5.74, 6) is 1.56. The molecular formula is C35H43N7O2. The van der Waals surface area contributed by atoms with Gasteiger partial charge in [-0.05, 0) is 69.2 Å². The fourth-order valence-corrected chi connectivity index (χ4v) is 6.87. The molecule has 1 aromatic heterocycles. The van der Waals surface area contributed by atoms with Gasteiger partial charge in [-0.15, -0.1) is 0 Å². The molecule has 0 bridgehead atoms. The fourth-order valence-electron chi connectivity index (χ4n) is 6.87. The molecule has 1 aliphatic carbocycles. The smallest absolute Gasteiger partial charge is 0.318 e. The van der Waals surface area contributed by atoms with Crippen LogP contribution in [0.25, 0.3) is 15.6 Å². The number of likely N-dealkylation sites (N-methyl/N-ethyl adjacent to an activating group) is 1. The van der Waals surface area contributed by atoms with Gasteiger partial charge in [0.1, 0.15) is 18.0 Å². The van der Waals surface area contributed by atoms with E-state index in [-0.39, 0.29) is 24.6 Å². The van der Waals surface area contributed by atoms with Crippen LogP contribution in [0, 0.1) is 19.4 Å². The Morgan fingerprint density at radius 3 is 2.73 bits per heavy atom. The third kappa shape index (κ3) is 6.36. The minimum absolute atomic E-state index is 0.0676. The largest absolute Gasteiger partial charge is 0.459 e. The molecule has 0 N–H and O–H groups in total. The lowest BCUT2D eigenvalue weighted by molar-refractivity contribution is -0.128. The summed E-state index contributed by atoms with van der Waals surface area (Å²) in [5.41, 5.74) is 4.59. The highest BCUT2D eigenvalue weighted by atomic mass is 16.5. The van der Waals surface area contributed by atoms with Gasteiger partial charge in [0.25, 0.3) is 0 Å². The number of amides is 1. The van der Waals surface area contributed by atoms with Crippen molar-refractivity contribution < 1.29 is 9.53 Å². The van der Waals surface area contributed by atoms with E-state index in [9.17, 15) is 4.79 Å². The Labute approximate surface area is 260 Å². The lowest BCUT2D eigenvalue weighted by Gasteiger charge is -2.41. The third-order valence-corrected chi connectivity index (χ3v) is 9.14. The molecule has 2 aliphatic heterocycles. The molecule has 3 heterocycles. The monoisotopic (exact) mass is 593 g/mol. The van der Waals surface area contributed by atoms with Crippen molar-refractivity contribution in [3.63, 3.8) is 0 Å². The van der Waals surface area contributed by atoms with E-state index in [0.29, 0.717) is 32.2 Å². The standard InChI is InChI=1S/C35H43N7O2/c1-6-32(43)42-18-17-41(22-28(42)19-36-4)34-29-15-16-40(31-12-8-11-27-10-7-9-24(2)33(27)31)23-30(29)37-35(38-34)44-25(3)20-39(5)21-26-13-14-26/h6-12,25-26,28H,1,13-23H2,2-3,5H3/t25-,28?/m0/s1. The minimum Gasteiger partial charge on any atom is -0.459 e. The van der Waals surface area contributed by atoms with Crippen LogP contribution in [0.1, 0.15) is 36.6 Å². The number of carbonyl (C=O) groups is 1. The van der Waals surface area contributed by atoms with Crippen LogP contribution in [0.5, 0.6) is 6.01 Å². The predicted molar refractivity (Wildman–Crippen MR) is 175 cm³/mol. The molecule has 2 fully saturated rings. The van der Waals surface area contributed by atoms with Crippen molar-refractivity contribution in [2.24, 2.45) is 5.92 Å². The van der Waals surface area contributed by atoms with Gasteiger partial charge in [-0.25, -0.2) is 6.57 Å². The Morgan fingerprint density at radius 1 is 1.18 bits per heavy atom. The van der Waals surface area contributed by atoms with E-state index >= 15 is 0 Å². The van der Waals surface area contributed by atoms with Crippen LogP contribution < -0.4 is 14.5 Å². The molecule has 44 heavy (non-hydrogen) atoms. The average Bonchev–Trinajstić information content (AvgIpc) is 3.83. The lowest BCUT2D eigenvalue weighted by atomic mass is 9.99. The Bertz CT molecular complexity index is 1570. The number of benzene rings is 2. The average molecular weight is 594 g/mol. The van der Waals surface area contributed by atoms with Gasteiger partial charge in [0.05, 0.1) is 12.2 Å². The number of rotatable bonds is 10. The van der Waals surface area contributed by atoms with Crippen LogP contribution in [-0.2, 0) is 17.8 Å². The van der Waals surface area contributed by atoms with Crippen molar-refractivity contribution in [3.8, 4) is 6.01 Å². The highest BCUT2D eigenvalue weighted by molar-refractivity contribution is 5.97. The Hall–Kier alpha value is -4.16. The van der Waals surface area contributed by atoms with Crippen LogP contribution in [0.4, 0.5) is 11.5 Å². The van der Waals surface area contributed by atoms with Crippen LogP contribution >= 0.6 is 0 Å². The van der Waals surface area contributed by atoms with Crippen LogP contribution in [0.15, 0.2) is 49.1 Å². The molecule has 1 saturated carbocycles. The fraction of sp³-hybridized carbons (Fsp3) is 0.486. The number of hydrogen-bond acceptors (Lipinski definition) is 7. The number of piperazine rings is 1. The summed E-state index contributed by atoms with van der Waals surface area (Å²) in [6.07, 6.45) is 4.72. The van der Waals surface area contributed by atoms with Crippen molar-refractivity contribution >= 4 is 28.2 Å². The maximum Gasteiger partial charge on any atom is 0.318 e. The maximum atomic E-state index is 12.6. The van der Waals surface area contributed by atoms with Crippen molar-refractivity contribution in [1.29, 1.82) is 0 Å². The van der Waals surface area contributed by atoms with E-state index in [2.05, 4.69) is 83.4 Å². The van der Waals surface area contributed by atoms with E-state index in [4.69, 9.17) is 21.3 Å². The Balaban J connectivity index is 1.32. The molecule has 1 amide bonds. The van der Waals surface area contributed by atoms with Crippen LogP contribution in [0.3, 0.4) is 0 Å². The highest BCUT2D eigenvalue weighted by Crippen LogP contribution is 2.36. The van der Waals surface area contributed by atoms with Crippen molar-refractivity contribution in [2.75, 3.05) is 62.7 Å². The molecule has 0 radical (unpaired) electrons. The lowest BCUT2D eigenvalue weighted by Crippen LogP contribution is -2.56. The topological polar surface area (TPSA) is 69.4 Å². The number of aromatic nitrogens is 2. The molecule has 2 aromatic carbocycles. The number of anilines is 2. The molecule has 9 nitrogen and oxygen atoms in total. The normalized spacial score (nSPS) is 19.1. The van der Waals surface area contributed by atoms with Gasteiger partial charge < -0.3 is 29.2 Å². The number of ether oxygens (including phenoxy) is 1. The van der Waals surface area contributed by atoms with Gasteiger partial charge >= 0.3 is 6.01 Å². The van der Waals surface area contributed by atoms with E-state index in [0.717, 1.165) is 49.0 Å². The second-order valence-electron chi connectivity index (χ2n) is 12.6. The predicted octanol–water partition coefficient (Wildman–Crippen LogP) is 4.73. The molecule has 6 rings (SSSR count). The molecule has 3 aromatic rings. The van der Waals surface area contributed by atoms with Crippen LogP contribution in [-0.4, -0.2) is 90.7 Å². The number of hydrogen-bond donors (Lipinski definition) is 0. The first kappa shape index (κ1) is 29.9. The molecule has 1 saturated heterocycles. The summed E-state index contributed by atoms with van der Waals surface area (Å²) < 4.78 is 6.43. The van der Waals surface area contributed by atoms with Gasteiger partial charge in [-0.1, -0.05) is 36.9 Å². The minimum atomic E-state index is -0.226. The molecule has 9 heteroatoms. The van der Waals surface area contributed by atoms with Gasteiger partial charge in [0.2, 0.25) is 12.5 Å². The SMILES string of the molecule is [C-]#[N+]CC1CN(c2nc(O[C@@H](C)CN(C)CC3CC3)nc3c2CCN(c2cccc4cccc(C)c24)C3)CCN1C(=O)C=C. The molecular weight excluding hydrogens is 550 g/mol. The third-order valence-electron chi connectivity index (χ3n) is 9.14. The summed E-state index contributed by atoms with van der Waals surface area (Å²) in [4.78, 5) is 35.1. The number of carbonyl (C=O) groups excluding carboxylic acids is 1. The van der Waals surface area contributed by atoms with Crippen LogP contribution in [0.2, 0.25) is 0 Å². The Kier molecular flexibility index (Phi) is 8.72. The molecule has 0 spiro atoms. The van der Waals surface area contributed by atoms with Crippen molar-refractivity contribution in [3.05, 3.63) is 77.3 Å². The number of fused-ring (bicyclic) bond motifs is 2. The van der Waals surface area contributed by atoms with Gasteiger partial charge in [0.15, 0.2) is 0 Å². The second kappa shape index (κ2) is 12.8. The molecule has 2 atom stereocenters. The number of nitrogens with zero attached hydrogens (tertiary/aromatic N) is 7. The van der Waals surface area contributed by atoms with E-state index in [1.165, 1.54) is 40.9 Å². The van der Waals surface area contributed by atoms with Gasteiger partial charge in [-0.3, -0.25) is 4.79 Å². The number of aryl methyl sites for hydroxylation is 1.